The Hall–Kier alpha value is -1.42. The zero-order valence-corrected chi connectivity index (χ0v) is 21.1. The minimum atomic E-state index is -0.653. The average molecular weight is 447 g/mol. The van der Waals surface area contributed by atoms with Crippen LogP contribution in [0.5, 0.6) is 0 Å². The van der Waals surface area contributed by atoms with Gasteiger partial charge in [0.25, 0.3) is 0 Å². The molecule has 4 heteroatoms. The number of pyridine rings is 1. The summed E-state index contributed by atoms with van der Waals surface area (Å²) < 4.78 is 0. The monoisotopic (exact) mass is 446 g/mol. The van der Waals surface area contributed by atoms with E-state index < -0.39 is 5.97 Å². The number of hydrogen-bond acceptors (Lipinski definition) is 3. The quantitative estimate of drug-likeness (QED) is 0.245. The summed E-state index contributed by atoms with van der Waals surface area (Å²) in [6, 6.07) is 4.79. The molecule has 32 heavy (non-hydrogen) atoms. The Balaban J connectivity index is 0.000000357. The molecule has 1 aromatic heterocycles. The second kappa shape index (κ2) is 20.2. The van der Waals surface area contributed by atoms with Crippen LogP contribution < -0.4 is 0 Å². The van der Waals surface area contributed by atoms with Crippen molar-refractivity contribution in [2.24, 2.45) is 0 Å². The highest BCUT2D eigenvalue weighted by atomic mass is 16.4. The Bertz CT molecular complexity index is 550. The van der Waals surface area contributed by atoms with Crippen LogP contribution >= 0.6 is 0 Å². The third kappa shape index (κ3) is 15.4. The minimum Gasteiger partial charge on any atom is -0.481 e. The van der Waals surface area contributed by atoms with Gasteiger partial charge in [0.05, 0.1) is 0 Å². The van der Waals surface area contributed by atoms with Gasteiger partial charge in [-0.1, -0.05) is 103 Å². The third-order valence-corrected chi connectivity index (χ3v) is 6.58. The largest absolute Gasteiger partial charge is 0.481 e. The summed E-state index contributed by atoms with van der Waals surface area (Å²) in [5, 5.41) is 8.52. The summed E-state index contributed by atoms with van der Waals surface area (Å²) in [7, 11) is 2.19. The molecule has 4 nitrogen and oxygen atoms in total. The van der Waals surface area contributed by atoms with Crippen LogP contribution in [0.25, 0.3) is 0 Å². The van der Waals surface area contributed by atoms with Crippen molar-refractivity contribution in [1.29, 1.82) is 0 Å². The Morgan fingerprint density at radius 1 is 0.938 bits per heavy atom. The maximum Gasteiger partial charge on any atom is 0.303 e. The minimum absolute atomic E-state index is 0.345. The van der Waals surface area contributed by atoms with Gasteiger partial charge in [-0.2, -0.15) is 0 Å². The Kier molecular flexibility index (Phi) is 18.1. The van der Waals surface area contributed by atoms with E-state index in [1.165, 1.54) is 108 Å². The van der Waals surface area contributed by atoms with Crippen molar-refractivity contribution in [3.05, 3.63) is 30.1 Å². The molecule has 2 heterocycles. The first-order chi connectivity index (χ1) is 15.6. The molecule has 1 saturated heterocycles. The van der Waals surface area contributed by atoms with E-state index in [-0.39, 0.29) is 0 Å². The van der Waals surface area contributed by atoms with Crippen LogP contribution in [0.2, 0.25) is 0 Å². The van der Waals surface area contributed by atoms with Crippen LogP contribution in [-0.4, -0.2) is 34.6 Å². The Morgan fingerprint density at radius 2 is 1.47 bits per heavy atom. The first kappa shape index (κ1) is 28.6. The van der Waals surface area contributed by atoms with Crippen LogP contribution in [0.4, 0.5) is 0 Å². The Morgan fingerprint density at radius 3 is 1.88 bits per heavy atom. The fourth-order valence-corrected chi connectivity index (χ4v) is 4.55. The number of carboxylic acid groups (broad SMARTS) is 1. The molecule has 0 saturated carbocycles. The molecule has 0 bridgehead atoms. The number of unbranched alkanes of at least 4 members (excludes halogenated alkanes) is 14. The van der Waals surface area contributed by atoms with E-state index in [0.717, 1.165) is 12.8 Å². The number of nitrogens with zero attached hydrogens (tertiary/aromatic N) is 2. The first-order valence-electron chi connectivity index (χ1n) is 13.5. The molecule has 1 N–H and O–H groups in total. The number of rotatable bonds is 17. The predicted octanol–water partition coefficient (Wildman–Crippen LogP) is 8.18. The zero-order valence-electron chi connectivity index (χ0n) is 21.1. The van der Waals surface area contributed by atoms with Crippen LogP contribution in [0.15, 0.2) is 24.5 Å². The van der Waals surface area contributed by atoms with Crippen molar-refractivity contribution < 1.29 is 9.90 Å². The van der Waals surface area contributed by atoms with Gasteiger partial charge in [-0.15, -0.1) is 0 Å². The smallest absolute Gasteiger partial charge is 0.303 e. The molecular formula is C28H50N2O2. The maximum atomic E-state index is 10.3. The molecule has 0 spiro atoms. The van der Waals surface area contributed by atoms with E-state index in [4.69, 9.17) is 5.11 Å². The fraction of sp³-hybridized carbons (Fsp3) is 0.786. The molecular weight excluding hydrogens is 396 g/mol. The van der Waals surface area contributed by atoms with Gasteiger partial charge in [0.15, 0.2) is 0 Å². The van der Waals surface area contributed by atoms with Crippen molar-refractivity contribution in [2.75, 3.05) is 13.6 Å². The van der Waals surface area contributed by atoms with Gasteiger partial charge in [0.2, 0.25) is 0 Å². The van der Waals surface area contributed by atoms with Crippen LogP contribution in [0, 0.1) is 0 Å². The van der Waals surface area contributed by atoms with Crippen molar-refractivity contribution in [3.63, 3.8) is 0 Å². The molecule has 1 aromatic rings. The van der Waals surface area contributed by atoms with E-state index in [0.29, 0.717) is 12.5 Å². The Labute approximate surface area is 198 Å². The molecule has 0 aliphatic carbocycles. The fourth-order valence-electron chi connectivity index (χ4n) is 4.55. The highest BCUT2D eigenvalue weighted by Gasteiger charge is 2.21. The lowest BCUT2D eigenvalue weighted by atomic mass is 10.0. The molecule has 2 rings (SSSR count). The van der Waals surface area contributed by atoms with E-state index in [9.17, 15) is 4.79 Å². The van der Waals surface area contributed by atoms with Gasteiger partial charge in [0.1, 0.15) is 0 Å². The van der Waals surface area contributed by atoms with Crippen molar-refractivity contribution in [2.45, 2.75) is 129 Å². The number of likely N-dealkylation sites (tertiary alicyclic amines) is 1. The number of carbonyl (C=O) groups is 1. The predicted molar refractivity (Wildman–Crippen MR) is 136 cm³/mol. The summed E-state index contributed by atoms with van der Waals surface area (Å²) in [6.45, 7) is 3.49. The molecule has 1 aliphatic rings. The van der Waals surface area contributed by atoms with E-state index in [1.807, 2.05) is 18.5 Å². The summed E-state index contributed by atoms with van der Waals surface area (Å²) >= 11 is 0. The van der Waals surface area contributed by atoms with Gasteiger partial charge in [-0.05, 0) is 44.5 Å². The van der Waals surface area contributed by atoms with Gasteiger partial charge in [-0.25, -0.2) is 0 Å². The molecule has 0 aromatic carbocycles. The average Bonchev–Trinajstić information content (AvgIpc) is 3.23. The number of aromatic nitrogens is 1. The highest BCUT2D eigenvalue weighted by Crippen LogP contribution is 2.29. The summed E-state index contributed by atoms with van der Waals surface area (Å²) in [4.78, 5) is 16.9. The molecule has 1 unspecified atom stereocenters. The van der Waals surface area contributed by atoms with E-state index >= 15 is 0 Å². The number of hydrogen-bond donors (Lipinski definition) is 1. The van der Waals surface area contributed by atoms with Gasteiger partial charge in [0, 0.05) is 24.9 Å². The molecule has 1 fully saturated rings. The number of carboxylic acids is 1. The molecule has 1 atom stereocenters. The molecule has 184 valence electrons. The van der Waals surface area contributed by atoms with Crippen LogP contribution in [0.1, 0.15) is 134 Å². The highest BCUT2D eigenvalue weighted by molar-refractivity contribution is 5.66. The molecule has 0 amide bonds. The topological polar surface area (TPSA) is 53.4 Å². The van der Waals surface area contributed by atoms with Gasteiger partial charge in [-0.3, -0.25) is 14.7 Å². The standard InChI is InChI=1S/C18H36O2.C10H14N2/c1-2-3-4-5-6-7-8-9-10-11-12-13-14-15-16-17-18(19)20;1-12-7-3-5-10(12)9-4-2-6-11-8-9/h2-17H2,1H3,(H,19,20);2,4,6,8,10H,3,5,7H2,1H3. The summed E-state index contributed by atoms with van der Waals surface area (Å²) in [5.74, 6) is -0.653. The summed E-state index contributed by atoms with van der Waals surface area (Å²) in [6.07, 6.45) is 26.6. The van der Waals surface area contributed by atoms with E-state index in [2.05, 4.69) is 29.9 Å². The first-order valence-corrected chi connectivity index (χ1v) is 13.5. The van der Waals surface area contributed by atoms with Crippen molar-refractivity contribution >= 4 is 5.97 Å². The third-order valence-electron chi connectivity index (χ3n) is 6.58. The van der Waals surface area contributed by atoms with Crippen LogP contribution in [-0.2, 0) is 4.79 Å². The lowest BCUT2D eigenvalue weighted by molar-refractivity contribution is -0.137. The second-order valence-corrected chi connectivity index (χ2v) is 9.52. The maximum absolute atomic E-state index is 10.3. The van der Waals surface area contributed by atoms with Crippen LogP contribution in [0.3, 0.4) is 0 Å². The zero-order chi connectivity index (χ0) is 23.3. The van der Waals surface area contributed by atoms with Crippen molar-refractivity contribution in [1.82, 2.24) is 9.88 Å². The summed E-state index contributed by atoms with van der Waals surface area (Å²) in [5.41, 5.74) is 1.36. The lowest BCUT2D eigenvalue weighted by Gasteiger charge is -2.18. The number of aliphatic carboxylic acids is 1. The van der Waals surface area contributed by atoms with E-state index in [1.54, 1.807) is 0 Å². The van der Waals surface area contributed by atoms with Crippen molar-refractivity contribution in [3.8, 4) is 0 Å². The SMILES string of the molecule is CCCCCCCCCCCCCCCCCC(=O)O.CN1CCCC1c1cccnc1. The second-order valence-electron chi connectivity index (χ2n) is 9.52. The molecule has 0 radical (unpaired) electrons. The van der Waals surface area contributed by atoms with Gasteiger partial charge >= 0.3 is 5.97 Å². The van der Waals surface area contributed by atoms with Gasteiger partial charge < -0.3 is 5.11 Å². The molecule has 1 aliphatic heterocycles. The normalized spacial score (nSPS) is 16.0. The lowest BCUT2D eigenvalue weighted by Crippen LogP contribution is -2.17.